The van der Waals surface area contributed by atoms with Crippen molar-refractivity contribution in [3.8, 4) is 0 Å². The zero-order valence-corrected chi connectivity index (χ0v) is 11.9. The average Bonchev–Trinajstić information content (AvgIpc) is 2.37. The number of pyridine rings is 1. The van der Waals surface area contributed by atoms with E-state index in [1.807, 2.05) is 0 Å². The van der Waals surface area contributed by atoms with Gasteiger partial charge in [-0.3, -0.25) is 0 Å². The predicted octanol–water partition coefficient (Wildman–Crippen LogP) is 4.62. The van der Waals surface area contributed by atoms with Gasteiger partial charge in [0.1, 0.15) is 11.6 Å². The highest BCUT2D eigenvalue weighted by Gasteiger charge is 2.09. The smallest absolute Gasteiger partial charge is 0.151 e. The third-order valence-electron chi connectivity index (χ3n) is 2.59. The molecular formula is C13H12Cl2FN3. The molecule has 0 saturated heterocycles. The van der Waals surface area contributed by atoms with E-state index >= 15 is 0 Å². The summed E-state index contributed by atoms with van der Waals surface area (Å²) in [5.74, 6) is 0.727. The van der Waals surface area contributed by atoms with Gasteiger partial charge in [-0.05, 0) is 36.8 Å². The molecule has 0 aliphatic carbocycles. The van der Waals surface area contributed by atoms with Crippen molar-refractivity contribution in [1.82, 2.24) is 4.98 Å². The van der Waals surface area contributed by atoms with E-state index in [9.17, 15) is 4.39 Å². The van der Waals surface area contributed by atoms with Gasteiger partial charge in [0.2, 0.25) is 0 Å². The molecule has 0 radical (unpaired) electrons. The first kappa shape index (κ1) is 13.9. The number of rotatable bonds is 3. The quantitative estimate of drug-likeness (QED) is 0.868. The highest BCUT2D eigenvalue weighted by atomic mass is 35.5. The summed E-state index contributed by atoms with van der Waals surface area (Å²) in [5.41, 5.74) is 1.25. The maximum Gasteiger partial charge on any atom is 0.151 e. The second kappa shape index (κ2) is 5.63. The van der Waals surface area contributed by atoms with E-state index in [1.54, 1.807) is 32.2 Å². The molecule has 0 saturated carbocycles. The summed E-state index contributed by atoms with van der Waals surface area (Å²) >= 11 is 12.0. The topological polar surface area (TPSA) is 37.0 Å². The van der Waals surface area contributed by atoms with Crippen LogP contribution in [0.2, 0.25) is 10.0 Å². The molecule has 2 N–H and O–H groups in total. The molecule has 1 heterocycles. The molecule has 0 bridgehead atoms. The summed E-state index contributed by atoms with van der Waals surface area (Å²) in [7, 11) is 1.72. The lowest BCUT2D eigenvalue weighted by Gasteiger charge is -2.11. The Bertz CT molecular complexity index is 617. The third kappa shape index (κ3) is 3.08. The lowest BCUT2D eigenvalue weighted by atomic mass is 10.2. The molecule has 2 aromatic rings. The first-order valence-electron chi connectivity index (χ1n) is 5.58. The molecule has 0 unspecified atom stereocenters. The SMILES string of the molecule is CNc1nc(Nc2ccc(F)c(C)c2)c(Cl)cc1Cl. The van der Waals surface area contributed by atoms with Crippen LogP contribution < -0.4 is 10.6 Å². The Morgan fingerprint density at radius 3 is 2.42 bits per heavy atom. The highest BCUT2D eigenvalue weighted by Crippen LogP contribution is 2.31. The summed E-state index contributed by atoms with van der Waals surface area (Å²) in [5, 5.41) is 6.73. The normalized spacial score (nSPS) is 10.4. The summed E-state index contributed by atoms with van der Waals surface area (Å²) in [6.45, 7) is 1.69. The lowest BCUT2D eigenvalue weighted by molar-refractivity contribution is 0.619. The van der Waals surface area contributed by atoms with Crippen LogP contribution >= 0.6 is 23.2 Å². The van der Waals surface area contributed by atoms with Crippen molar-refractivity contribution in [3.63, 3.8) is 0 Å². The van der Waals surface area contributed by atoms with Gasteiger partial charge in [-0.2, -0.15) is 0 Å². The Kier molecular flexibility index (Phi) is 4.12. The van der Waals surface area contributed by atoms with E-state index in [0.717, 1.165) is 0 Å². The molecule has 100 valence electrons. The Morgan fingerprint density at radius 2 is 1.79 bits per heavy atom. The number of nitrogens with one attached hydrogen (secondary N) is 2. The molecule has 2 rings (SSSR count). The second-order valence-corrected chi connectivity index (χ2v) is 4.80. The van der Waals surface area contributed by atoms with Gasteiger partial charge in [0.25, 0.3) is 0 Å². The maximum absolute atomic E-state index is 13.2. The molecule has 6 heteroatoms. The molecule has 0 aliphatic heterocycles. The fourth-order valence-electron chi connectivity index (χ4n) is 1.59. The summed E-state index contributed by atoms with van der Waals surface area (Å²) in [4.78, 5) is 4.26. The monoisotopic (exact) mass is 299 g/mol. The van der Waals surface area contributed by atoms with E-state index in [2.05, 4.69) is 15.6 Å². The minimum absolute atomic E-state index is 0.253. The van der Waals surface area contributed by atoms with Crippen molar-refractivity contribution >= 4 is 40.5 Å². The van der Waals surface area contributed by atoms with Gasteiger partial charge >= 0.3 is 0 Å². The molecular weight excluding hydrogens is 288 g/mol. The van der Waals surface area contributed by atoms with E-state index in [1.165, 1.54) is 6.07 Å². The Morgan fingerprint density at radius 1 is 1.11 bits per heavy atom. The fourth-order valence-corrected chi connectivity index (χ4v) is 2.09. The molecule has 0 spiro atoms. The van der Waals surface area contributed by atoms with Crippen LogP contribution in [0, 0.1) is 12.7 Å². The van der Waals surface area contributed by atoms with Gasteiger partial charge in [-0.1, -0.05) is 23.2 Å². The minimum atomic E-state index is -0.253. The molecule has 0 aliphatic rings. The first-order valence-corrected chi connectivity index (χ1v) is 6.34. The van der Waals surface area contributed by atoms with E-state index in [4.69, 9.17) is 23.2 Å². The van der Waals surface area contributed by atoms with Crippen molar-refractivity contribution in [3.05, 3.63) is 45.7 Å². The number of aromatic nitrogens is 1. The number of halogens is 3. The fraction of sp³-hybridized carbons (Fsp3) is 0.154. The van der Waals surface area contributed by atoms with Crippen molar-refractivity contribution in [2.45, 2.75) is 6.92 Å². The average molecular weight is 300 g/mol. The lowest BCUT2D eigenvalue weighted by Crippen LogP contribution is -2.00. The minimum Gasteiger partial charge on any atom is -0.372 e. The predicted molar refractivity (Wildman–Crippen MR) is 78.2 cm³/mol. The maximum atomic E-state index is 13.2. The highest BCUT2D eigenvalue weighted by molar-refractivity contribution is 6.37. The van der Waals surface area contributed by atoms with Crippen LogP contribution in [0.1, 0.15) is 5.56 Å². The van der Waals surface area contributed by atoms with Crippen LogP contribution in [0.25, 0.3) is 0 Å². The molecule has 19 heavy (non-hydrogen) atoms. The van der Waals surface area contributed by atoms with Gasteiger partial charge in [0.15, 0.2) is 5.82 Å². The standard InChI is InChI=1S/C13H12Cl2FN3/c1-7-5-8(3-4-11(7)16)18-13-10(15)6-9(14)12(17-2)19-13/h3-6H,1-2H3,(H2,17,18,19). The van der Waals surface area contributed by atoms with Crippen LogP contribution in [-0.2, 0) is 0 Å². The number of benzene rings is 1. The van der Waals surface area contributed by atoms with Crippen molar-refractivity contribution < 1.29 is 4.39 Å². The summed E-state index contributed by atoms with van der Waals surface area (Å²) in [6.07, 6.45) is 0. The van der Waals surface area contributed by atoms with Gasteiger partial charge in [0.05, 0.1) is 10.0 Å². The summed E-state index contributed by atoms with van der Waals surface area (Å²) < 4.78 is 13.2. The van der Waals surface area contributed by atoms with Crippen LogP contribution in [0.4, 0.5) is 21.7 Å². The van der Waals surface area contributed by atoms with Crippen molar-refractivity contribution in [2.75, 3.05) is 17.7 Å². The largest absolute Gasteiger partial charge is 0.372 e. The number of nitrogens with zero attached hydrogens (tertiary/aromatic N) is 1. The van der Waals surface area contributed by atoms with Crippen molar-refractivity contribution in [2.24, 2.45) is 0 Å². The van der Waals surface area contributed by atoms with E-state index in [-0.39, 0.29) is 5.82 Å². The van der Waals surface area contributed by atoms with E-state index in [0.29, 0.717) is 32.9 Å². The molecule has 1 aromatic heterocycles. The molecule has 1 aromatic carbocycles. The van der Waals surface area contributed by atoms with Gasteiger partial charge in [-0.25, -0.2) is 9.37 Å². The number of hydrogen-bond donors (Lipinski definition) is 2. The van der Waals surface area contributed by atoms with Crippen LogP contribution in [-0.4, -0.2) is 12.0 Å². The molecule has 0 fully saturated rings. The Hall–Kier alpha value is -1.52. The number of anilines is 3. The third-order valence-corrected chi connectivity index (χ3v) is 3.16. The number of aryl methyl sites for hydroxylation is 1. The zero-order chi connectivity index (χ0) is 14.0. The number of hydrogen-bond acceptors (Lipinski definition) is 3. The molecule has 0 atom stereocenters. The Balaban J connectivity index is 2.34. The molecule has 3 nitrogen and oxygen atoms in total. The van der Waals surface area contributed by atoms with Crippen molar-refractivity contribution in [1.29, 1.82) is 0 Å². The van der Waals surface area contributed by atoms with E-state index < -0.39 is 0 Å². The van der Waals surface area contributed by atoms with Gasteiger partial charge in [0, 0.05) is 12.7 Å². The zero-order valence-electron chi connectivity index (χ0n) is 10.4. The van der Waals surface area contributed by atoms with Crippen LogP contribution in [0.5, 0.6) is 0 Å². The van der Waals surface area contributed by atoms with Crippen LogP contribution in [0.15, 0.2) is 24.3 Å². The Labute approximate surface area is 120 Å². The van der Waals surface area contributed by atoms with Gasteiger partial charge < -0.3 is 10.6 Å². The van der Waals surface area contributed by atoms with Gasteiger partial charge in [-0.15, -0.1) is 0 Å². The second-order valence-electron chi connectivity index (χ2n) is 3.99. The first-order chi connectivity index (χ1) is 9.01. The summed E-state index contributed by atoms with van der Waals surface area (Å²) in [6, 6.07) is 6.29. The molecule has 0 amide bonds. The van der Waals surface area contributed by atoms with Crippen LogP contribution in [0.3, 0.4) is 0 Å².